The average molecular weight is 517 g/mol. The lowest BCUT2D eigenvalue weighted by atomic mass is 9.78. The van der Waals surface area contributed by atoms with Crippen molar-refractivity contribution >= 4 is 17.2 Å². The monoisotopic (exact) mass is 516 g/mol. The summed E-state index contributed by atoms with van der Waals surface area (Å²) in [5, 5.41) is 0. The summed E-state index contributed by atoms with van der Waals surface area (Å²) in [6.45, 7) is 20.3. The zero-order chi connectivity index (χ0) is 25.5. The highest BCUT2D eigenvalue weighted by molar-refractivity contribution is 7.42. The molecule has 0 amide bonds. The fourth-order valence-corrected chi connectivity index (χ4v) is 4.69. The van der Waals surface area contributed by atoms with E-state index in [1.54, 1.807) is 24.3 Å². The SMILES string of the molecule is C=CCOP(OCC=C)Oc1ccc(C(C)(C)c2ccc(OP(OCC=C)OCC=C)cc2)cc1. The van der Waals surface area contributed by atoms with Crippen molar-refractivity contribution in [3.8, 4) is 11.5 Å². The van der Waals surface area contributed by atoms with E-state index < -0.39 is 17.2 Å². The summed E-state index contributed by atoms with van der Waals surface area (Å²) in [6.07, 6.45) is 6.62. The van der Waals surface area contributed by atoms with E-state index >= 15 is 0 Å². The van der Waals surface area contributed by atoms with Gasteiger partial charge in [0.15, 0.2) is 0 Å². The van der Waals surface area contributed by atoms with Crippen LogP contribution in [-0.4, -0.2) is 26.4 Å². The van der Waals surface area contributed by atoms with Gasteiger partial charge in [-0.15, -0.1) is 26.3 Å². The molecule has 0 N–H and O–H groups in total. The van der Waals surface area contributed by atoms with Crippen molar-refractivity contribution < 1.29 is 27.1 Å². The highest BCUT2D eigenvalue weighted by Crippen LogP contribution is 2.43. The third kappa shape index (κ3) is 9.70. The molecule has 0 aliphatic heterocycles. The molecule has 0 heterocycles. The Morgan fingerprint density at radius 2 is 0.857 bits per heavy atom. The standard InChI is InChI=1S/C27H34O6P2/c1-7-19-28-34(29-20-8-2)32-25-15-11-23(12-16-25)27(5,6)24-13-17-26(18-14-24)33-35(30-21-9-3)31-22-10-4/h7-18H,1-4,19-22H2,5-6H3. The summed E-state index contributed by atoms with van der Waals surface area (Å²) in [6, 6.07) is 15.8. The smallest absolute Gasteiger partial charge is 0.397 e. The van der Waals surface area contributed by atoms with Gasteiger partial charge in [0.2, 0.25) is 0 Å². The minimum atomic E-state index is -1.54. The first kappa shape index (κ1) is 28.9. The molecule has 0 aromatic heterocycles. The molecule has 188 valence electrons. The van der Waals surface area contributed by atoms with Gasteiger partial charge in [-0.3, -0.25) is 18.1 Å². The van der Waals surface area contributed by atoms with Gasteiger partial charge in [-0.05, 0) is 35.4 Å². The van der Waals surface area contributed by atoms with Crippen LogP contribution in [0.5, 0.6) is 11.5 Å². The van der Waals surface area contributed by atoms with Crippen molar-refractivity contribution in [3.63, 3.8) is 0 Å². The first-order chi connectivity index (χ1) is 16.9. The Morgan fingerprint density at radius 3 is 1.11 bits per heavy atom. The maximum absolute atomic E-state index is 5.87. The topological polar surface area (TPSA) is 55.4 Å². The van der Waals surface area contributed by atoms with E-state index in [-0.39, 0.29) is 5.41 Å². The minimum Gasteiger partial charge on any atom is -0.427 e. The van der Waals surface area contributed by atoms with Crippen LogP contribution in [0.4, 0.5) is 0 Å². The van der Waals surface area contributed by atoms with Crippen LogP contribution in [0.25, 0.3) is 0 Å². The van der Waals surface area contributed by atoms with Crippen LogP contribution in [0.15, 0.2) is 99.2 Å². The van der Waals surface area contributed by atoms with Crippen LogP contribution in [0.2, 0.25) is 0 Å². The molecule has 0 saturated carbocycles. The molecular formula is C27H34O6P2. The van der Waals surface area contributed by atoms with E-state index in [9.17, 15) is 0 Å². The lowest BCUT2D eigenvalue weighted by molar-refractivity contribution is 0.237. The van der Waals surface area contributed by atoms with Gasteiger partial charge in [-0.2, -0.15) is 0 Å². The molecule has 0 aliphatic rings. The van der Waals surface area contributed by atoms with Crippen molar-refractivity contribution in [2.24, 2.45) is 0 Å². The van der Waals surface area contributed by atoms with E-state index in [1.165, 1.54) is 0 Å². The third-order valence-electron chi connectivity index (χ3n) is 4.70. The quantitative estimate of drug-likeness (QED) is 0.148. The Hall–Kier alpha value is -2.30. The Kier molecular flexibility index (Phi) is 12.9. The highest BCUT2D eigenvalue weighted by Gasteiger charge is 2.24. The van der Waals surface area contributed by atoms with Crippen molar-refractivity contribution in [1.82, 2.24) is 0 Å². The van der Waals surface area contributed by atoms with Crippen LogP contribution in [0, 0.1) is 0 Å². The Morgan fingerprint density at radius 1 is 0.571 bits per heavy atom. The number of hydrogen-bond acceptors (Lipinski definition) is 6. The van der Waals surface area contributed by atoms with Crippen molar-refractivity contribution in [2.45, 2.75) is 19.3 Å². The summed E-state index contributed by atoms with van der Waals surface area (Å²) in [5.74, 6) is 1.33. The molecule has 0 aliphatic carbocycles. The first-order valence-corrected chi connectivity index (χ1v) is 13.3. The van der Waals surface area contributed by atoms with Crippen LogP contribution >= 0.6 is 17.2 Å². The normalized spacial score (nSPS) is 11.3. The van der Waals surface area contributed by atoms with Crippen molar-refractivity contribution in [2.75, 3.05) is 26.4 Å². The van der Waals surface area contributed by atoms with Gasteiger partial charge in [-0.25, -0.2) is 0 Å². The average Bonchev–Trinajstić information content (AvgIpc) is 2.87. The molecule has 2 rings (SSSR count). The van der Waals surface area contributed by atoms with Gasteiger partial charge in [0.25, 0.3) is 0 Å². The van der Waals surface area contributed by atoms with E-state index in [0.717, 1.165) is 11.1 Å². The molecular weight excluding hydrogens is 482 g/mol. The molecule has 35 heavy (non-hydrogen) atoms. The molecule has 2 aromatic rings. The van der Waals surface area contributed by atoms with Gasteiger partial charge in [0, 0.05) is 5.41 Å². The molecule has 0 fully saturated rings. The Balaban J connectivity index is 2.07. The Bertz CT molecular complexity index is 828. The zero-order valence-corrected chi connectivity index (χ0v) is 22.2. The van der Waals surface area contributed by atoms with Gasteiger partial charge in [-0.1, -0.05) is 62.4 Å². The Labute approximate surface area is 211 Å². The molecule has 0 bridgehead atoms. The fraction of sp³-hybridized carbons (Fsp3) is 0.259. The molecule has 0 atom stereocenters. The second kappa shape index (κ2) is 15.6. The number of hydrogen-bond donors (Lipinski definition) is 0. The molecule has 8 heteroatoms. The maximum atomic E-state index is 5.87. The minimum absolute atomic E-state index is 0.246. The van der Waals surface area contributed by atoms with Crippen LogP contribution in [0.1, 0.15) is 25.0 Å². The number of rotatable bonds is 18. The highest BCUT2D eigenvalue weighted by atomic mass is 31.2. The molecule has 0 spiro atoms. The largest absolute Gasteiger partial charge is 0.427 e. The first-order valence-electron chi connectivity index (χ1n) is 11.1. The van der Waals surface area contributed by atoms with Gasteiger partial charge >= 0.3 is 17.2 Å². The molecule has 0 unspecified atom stereocenters. The van der Waals surface area contributed by atoms with E-state index in [2.05, 4.69) is 40.2 Å². The van der Waals surface area contributed by atoms with Crippen LogP contribution in [0.3, 0.4) is 0 Å². The van der Waals surface area contributed by atoms with E-state index in [0.29, 0.717) is 37.9 Å². The van der Waals surface area contributed by atoms with E-state index in [1.807, 2.05) is 48.5 Å². The maximum Gasteiger partial charge on any atom is 0.397 e. The predicted molar refractivity (Wildman–Crippen MR) is 145 cm³/mol. The van der Waals surface area contributed by atoms with E-state index in [4.69, 9.17) is 27.1 Å². The second-order valence-corrected chi connectivity index (χ2v) is 9.93. The summed E-state index contributed by atoms with van der Waals surface area (Å²) in [4.78, 5) is 0. The zero-order valence-electron chi connectivity index (χ0n) is 20.4. The summed E-state index contributed by atoms with van der Waals surface area (Å²) >= 11 is 0. The summed E-state index contributed by atoms with van der Waals surface area (Å²) in [7, 11) is -3.07. The second-order valence-electron chi connectivity index (χ2n) is 7.64. The molecule has 2 aromatic carbocycles. The van der Waals surface area contributed by atoms with Gasteiger partial charge in [0.1, 0.15) is 11.5 Å². The lowest BCUT2D eigenvalue weighted by Crippen LogP contribution is -2.18. The molecule has 6 nitrogen and oxygen atoms in total. The van der Waals surface area contributed by atoms with Crippen LogP contribution < -0.4 is 9.05 Å². The molecule has 0 saturated heterocycles. The van der Waals surface area contributed by atoms with Gasteiger partial charge in [0.05, 0.1) is 26.4 Å². The fourth-order valence-electron chi connectivity index (χ4n) is 2.84. The van der Waals surface area contributed by atoms with Gasteiger partial charge < -0.3 is 9.05 Å². The molecule has 0 radical (unpaired) electrons. The van der Waals surface area contributed by atoms with Crippen LogP contribution in [-0.2, 0) is 23.5 Å². The predicted octanol–water partition coefficient (Wildman–Crippen LogP) is 8.03. The number of benzene rings is 2. The summed E-state index contributed by atoms with van der Waals surface area (Å²) < 4.78 is 34.0. The van der Waals surface area contributed by atoms with Crippen molar-refractivity contribution in [1.29, 1.82) is 0 Å². The summed E-state index contributed by atoms with van der Waals surface area (Å²) in [5.41, 5.74) is 2.02. The third-order valence-corrected chi connectivity index (χ3v) is 6.86. The van der Waals surface area contributed by atoms with Crippen molar-refractivity contribution in [3.05, 3.63) is 110 Å². The lowest BCUT2D eigenvalue weighted by Gasteiger charge is -2.27.